The molecule has 2 aliphatic heterocycles. The molecule has 2 atom stereocenters. The van der Waals surface area contributed by atoms with Crippen LogP contribution in [0.15, 0.2) is 4.99 Å². The van der Waals surface area contributed by atoms with Gasteiger partial charge in [0.15, 0.2) is 5.96 Å². The van der Waals surface area contributed by atoms with Crippen molar-refractivity contribution in [3.63, 3.8) is 0 Å². The molecule has 2 unspecified atom stereocenters. The number of nitrogens with two attached hydrogens (primary N) is 1. The summed E-state index contributed by atoms with van der Waals surface area (Å²) in [7, 11) is 2.20. The third-order valence-corrected chi connectivity index (χ3v) is 4.71. The number of guanidine groups is 1. The maximum Gasteiger partial charge on any atom is 0.191 e. The highest BCUT2D eigenvalue weighted by molar-refractivity contribution is 5.78. The number of piperazine rings is 1. The fourth-order valence-corrected chi connectivity index (χ4v) is 3.28. The predicted molar refractivity (Wildman–Crippen MR) is 89.6 cm³/mol. The van der Waals surface area contributed by atoms with Gasteiger partial charge in [0.2, 0.25) is 0 Å². The molecule has 0 amide bonds. The fourth-order valence-electron chi connectivity index (χ4n) is 3.28. The average molecular weight is 295 g/mol. The van der Waals surface area contributed by atoms with Crippen molar-refractivity contribution in [1.29, 1.82) is 0 Å². The Bertz CT molecular complexity index is 336. The van der Waals surface area contributed by atoms with Crippen LogP contribution in [-0.2, 0) is 0 Å². The van der Waals surface area contributed by atoms with Crippen molar-refractivity contribution in [1.82, 2.24) is 14.7 Å². The van der Waals surface area contributed by atoms with Crippen molar-refractivity contribution in [2.45, 2.75) is 26.7 Å². The second kappa shape index (κ2) is 7.99. The van der Waals surface area contributed by atoms with Gasteiger partial charge in [-0.25, -0.2) is 0 Å². The van der Waals surface area contributed by atoms with E-state index in [0.29, 0.717) is 5.92 Å². The van der Waals surface area contributed by atoms with Gasteiger partial charge in [0, 0.05) is 52.4 Å². The number of aliphatic imine (C=N–C) groups is 1. The molecule has 0 spiro atoms. The first kappa shape index (κ1) is 16.6. The summed E-state index contributed by atoms with van der Waals surface area (Å²) in [6.07, 6.45) is 2.57. The monoisotopic (exact) mass is 295 g/mol. The number of hydrogen-bond donors (Lipinski definition) is 1. The first-order chi connectivity index (χ1) is 10.0. The van der Waals surface area contributed by atoms with E-state index in [4.69, 9.17) is 5.73 Å². The van der Waals surface area contributed by atoms with Crippen molar-refractivity contribution < 1.29 is 0 Å². The van der Waals surface area contributed by atoms with Crippen LogP contribution >= 0.6 is 0 Å². The highest BCUT2D eigenvalue weighted by atomic mass is 15.3. The topological polar surface area (TPSA) is 48.1 Å². The van der Waals surface area contributed by atoms with Gasteiger partial charge in [-0.15, -0.1) is 0 Å². The Morgan fingerprint density at radius 3 is 2.62 bits per heavy atom. The highest BCUT2D eigenvalue weighted by Crippen LogP contribution is 2.15. The molecule has 0 aromatic rings. The number of likely N-dealkylation sites (tertiary alicyclic amines) is 1. The smallest absolute Gasteiger partial charge is 0.191 e. The zero-order valence-corrected chi connectivity index (χ0v) is 14.1. The molecule has 2 heterocycles. The zero-order chi connectivity index (χ0) is 15.2. The molecule has 0 bridgehead atoms. The van der Waals surface area contributed by atoms with Crippen LogP contribution in [0, 0.1) is 11.8 Å². The van der Waals surface area contributed by atoms with Crippen molar-refractivity contribution in [3.8, 4) is 0 Å². The normalized spacial score (nSPS) is 27.9. The van der Waals surface area contributed by atoms with Crippen LogP contribution in [0.2, 0.25) is 0 Å². The minimum atomic E-state index is 0.578. The molecule has 2 saturated heterocycles. The largest absolute Gasteiger partial charge is 0.370 e. The molecule has 21 heavy (non-hydrogen) atoms. The van der Waals surface area contributed by atoms with Gasteiger partial charge in [0.25, 0.3) is 0 Å². The number of hydrogen-bond acceptors (Lipinski definition) is 3. The van der Waals surface area contributed by atoms with Crippen LogP contribution in [0.5, 0.6) is 0 Å². The molecule has 0 aromatic heterocycles. The quantitative estimate of drug-likeness (QED) is 0.619. The van der Waals surface area contributed by atoms with Crippen molar-refractivity contribution in [2.24, 2.45) is 22.6 Å². The molecule has 0 radical (unpaired) electrons. The SMILES string of the molecule is CC(CN=C(N)N1CCCC(C)C1)CN1CCN(C)CC1. The van der Waals surface area contributed by atoms with Gasteiger partial charge in [0.1, 0.15) is 0 Å². The van der Waals surface area contributed by atoms with Gasteiger partial charge in [-0.05, 0) is 31.7 Å². The summed E-state index contributed by atoms with van der Waals surface area (Å²) >= 11 is 0. The second-order valence-electron chi connectivity index (χ2n) is 7.10. The molecule has 5 heteroatoms. The second-order valence-corrected chi connectivity index (χ2v) is 7.10. The number of likely N-dealkylation sites (N-methyl/N-ethyl adjacent to an activating group) is 1. The van der Waals surface area contributed by atoms with Gasteiger partial charge < -0.3 is 20.4 Å². The molecule has 0 aliphatic carbocycles. The molecule has 2 N–H and O–H groups in total. The van der Waals surface area contributed by atoms with Crippen molar-refractivity contribution in [3.05, 3.63) is 0 Å². The summed E-state index contributed by atoms with van der Waals surface area (Å²) in [6.45, 7) is 13.5. The summed E-state index contributed by atoms with van der Waals surface area (Å²) < 4.78 is 0. The highest BCUT2D eigenvalue weighted by Gasteiger charge is 2.19. The van der Waals surface area contributed by atoms with Crippen LogP contribution in [0.25, 0.3) is 0 Å². The van der Waals surface area contributed by atoms with Crippen LogP contribution in [0.3, 0.4) is 0 Å². The van der Waals surface area contributed by atoms with E-state index in [1.165, 1.54) is 39.0 Å². The van der Waals surface area contributed by atoms with Crippen LogP contribution in [-0.4, -0.2) is 80.1 Å². The minimum absolute atomic E-state index is 0.578. The van der Waals surface area contributed by atoms with E-state index in [1.54, 1.807) is 0 Å². The van der Waals surface area contributed by atoms with Gasteiger partial charge in [-0.1, -0.05) is 13.8 Å². The molecule has 2 fully saturated rings. The van der Waals surface area contributed by atoms with E-state index in [9.17, 15) is 0 Å². The predicted octanol–water partition coefficient (Wildman–Crippen LogP) is 0.917. The van der Waals surface area contributed by atoms with Gasteiger partial charge >= 0.3 is 0 Å². The van der Waals surface area contributed by atoms with E-state index in [1.807, 2.05) is 0 Å². The van der Waals surface area contributed by atoms with Gasteiger partial charge in [0.05, 0.1) is 0 Å². The number of piperidine rings is 1. The van der Waals surface area contributed by atoms with Crippen LogP contribution in [0.4, 0.5) is 0 Å². The van der Waals surface area contributed by atoms with E-state index in [0.717, 1.165) is 38.1 Å². The van der Waals surface area contributed by atoms with Crippen LogP contribution in [0.1, 0.15) is 26.7 Å². The fraction of sp³-hybridized carbons (Fsp3) is 0.938. The molecule has 2 aliphatic rings. The first-order valence-corrected chi connectivity index (χ1v) is 8.50. The Kier molecular flexibility index (Phi) is 6.30. The van der Waals surface area contributed by atoms with Crippen LogP contribution < -0.4 is 5.73 Å². The minimum Gasteiger partial charge on any atom is -0.370 e. The lowest BCUT2D eigenvalue weighted by atomic mass is 10.0. The summed E-state index contributed by atoms with van der Waals surface area (Å²) in [4.78, 5) is 11.9. The molecule has 5 nitrogen and oxygen atoms in total. The van der Waals surface area contributed by atoms with E-state index in [-0.39, 0.29) is 0 Å². The molecular weight excluding hydrogens is 262 g/mol. The third-order valence-electron chi connectivity index (χ3n) is 4.71. The van der Waals surface area contributed by atoms with Crippen molar-refractivity contribution >= 4 is 5.96 Å². The lowest BCUT2D eigenvalue weighted by Gasteiger charge is -2.34. The van der Waals surface area contributed by atoms with Gasteiger partial charge in [-0.2, -0.15) is 0 Å². The summed E-state index contributed by atoms with van der Waals surface area (Å²) in [5.41, 5.74) is 6.17. The Morgan fingerprint density at radius 2 is 1.95 bits per heavy atom. The number of rotatable bonds is 4. The van der Waals surface area contributed by atoms with E-state index in [2.05, 4.69) is 40.6 Å². The third kappa shape index (κ3) is 5.47. The summed E-state index contributed by atoms with van der Waals surface area (Å²) in [5, 5.41) is 0. The Morgan fingerprint density at radius 1 is 1.24 bits per heavy atom. The van der Waals surface area contributed by atoms with Crippen molar-refractivity contribution in [2.75, 3.05) is 59.4 Å². The Balaban J connectivity index is 1.71. The van der Waals surface area contributed by atoms with E-state index >= 15 is 0 Å². The summed E-state index contributed by atoms with van der Waals surface area (Å²) in [6, 6.07) is 0. The van der Waals surface area contributed by atoms with Gasteiger partial charge in [-0.3, -0.25) is 4.99 Å². The number of nitrogens with zero attached hydrogens (tertiary/aromatic N) is 4. The standard InChI is InChI=1S/C16H33N5/c1-14-5-4-6-21(13-14)16(17)18-11-15(2)12-20-9-7-19(3)8-10-20/h14-15H,4-13H2,1-3H3,(H2,17,18). The average Bonchev–Trinajstić information content (AvgIpc) is 2.47. The molecule has 0 saturated carbocycles. The molecular formula is C16H33N5. The molecule has 122 valence electrons. The molecule has 2 rings (SSSR count). The molecule has 0 aromatic carbocycles. The Labute approximate surface area is 130 Å². The maximum atomic E-state index is 6.17. The Hall–Kier alpha value is -0.810. The maximum absolute atomic E-state index is 6.17. The first-order valence-electron chi connectivity index (χ1n) is 8.50. The lowest BCUT2D eigenvalue weighted by Crippen LogP contribution is -2.46. The zero-order valence-electron chi connectivity index (χ0n) is 14.1. The summed E-state index contributed by atoms with van der Waals surface area (Å²) in [5.74, 6) is 2.08. The lowest BCUT2D eigenvalue weighted by molar-refractivity contribution is 0.140. The van der Waals surface area contributed by atoms with E-state index < -0.39 is 0 Å².